The summed E-state index contributed by atoms with van der Waals surface area (Å²) < 4.78 is 85.5. The Bertz CT molecular complexity index is 1060. The fourth-order valence-corrected chi connectivity index (χ4v) is 3.48. The van der Waals surface area contributed by atoms with E-state index >= 15 is 0 Å². The van der Waals surface area contributed by atoms with E-state index in [1.54, 1.807) is 30.3 Å². The van der Waals surface area contributed by atoms with E-state index in [-0.39, 0.29) is 22.6 Å². The number of anilines is 4. The molecule has 0 atom stereocenters. The molecule has 0 saturated heterocycles. The Kier molecular flexibility index (Phi) is 5.56. The fourth-order valence-electron chi connectivity index (χ4n) is 3.48. The highest BCUT2D eigenvalue weighted by Crippen LogP contribution is 2.57. The van der Waals surface area contributed by atoms with Gasteiger partial charge < -0.3 is 16.8 Å². The Balaban J connectivity index is 2.23. The molecular weight excluding hydrogens is 420 g/mol. The molecular formula is C22H19F6N3. The summed E-state index contributed by atoms with van der Waals surface area (Å²) in [6, 6.07) is 13.7. The summed E-state index contributed by atoms with van der Waals surface area (Å²) >= 11 is 0. The molecule has 3 aromatic rings. The minimum Gasteiger partial charge on any atom is -0.399 e. The number of nitrogen functional groups attached to an aromatic ring is 2. The smallest absolute Gasteiger partial charge is 0.399 e. The van der Waals surface area contributed by atoms with Gasteiger partial charge in [0.1, 0.15) is 0 Å². The molecule has 0 bridgehead atoms. The predicted molar refractivity (Wildman–Crippen MR) is 109 cm³/mol. The van der Waals surface area contributed by atoms with Gasteiger partial charge in [-0.2, -0.15) is 26.3 Å². The third kappa shape index (κ3) is 3.87. The lowest BCUT2D eigenvalue weighted by Crippen LogP contribution is -2.54. The molecule has 0 heterocycles. The van der Waals surface area contributed by atoms with Crippen LogP contribution >= 0.6 is 0 Å². The second-order valence-electron chi connectivity index (χ2n) is 7.11. The minimum atomic E-state index is -5.70. The van der Waals surface area contributed by atoms with E-state index in [9.17, 15) is 26.3 Å². The molecule has 3 nitrogen and oxygen atoms in total. The molecule has 0 amide bonds. The first-order chi connectivity index (χ1) is 14.4. The van der Waals surface area contributed by atoms with E-state index in [0.717, 1.165) is 30.3 Å². The van der Waals surface area contributed by atoms with Crippen molar-refractivity contribution in [2.24, 2.45) is 0 Å². The summed E-state index contributed by atoms with van der Waals surface area (Å²) in [5.41, 5.74) is 5.88. The van der Waals surface area contributed by atoms with Gasteiger partial charge in [-0.25, -0.2) is 0 Å². The van der Waals surface area contributed by atoms with Crippen molar-refractivity contribution >= 4 is 22.7 Å². The van der Waals surface area contributed by atoms with Crippen molar-refractivity contribution in [1.29, 1.82) is 0 Å². The van der Waals surface area contributed by atoms with Gasteiger partial charge in [0.05, 0.1) is 11.4 Å². The number of halogens is 6. The molecule has 0 aliphatic rings. The van der Waals surface area contributed by atoms with E-state index in [0.29, 0.717) is 11.8 Å². The number of benzene rings is 3. The molecule has 0 spiro atoms. The number of para-hydroxylation sites is 1. The highest BCUT2D eigenvalue weighted by atomic mass is 19.4. The average molecular weight is 439 g/mol. The standard InChI is InChI=1S/C22H19F6N3/c1-13-11-14(7-9-17(13)29)20(21(23,24)25,22(26,27)28)15-8-10-19(18(30)12-15)31-16-5-3-2-4-6-16/h2-12,31H,29-30H2,1H3. The van der Waals surface area contributed by atoms with Gasteiger partial charge in [0.15, 0.2) is 0 Å². The Labute approximate surface area is 174 Å². The molecule has 0 unspecified atom stereocenters. The van der Waals surface area contributed by atoms with Crippen molar-refractivity contribution in [3.8, 4) is 0 Å². The van der Waals surface area contributed by atoms with Crippen LogP contribution in [-0.2, 0) is 5.41 Å². The highest BCUT2D eigenvalue weighted by molar-refractivity contribution is 5.74. The van der Waals surface area contributed by atoms with Gasteiger partial charge in [-0.1, -0.05) is 36.4 Å². The molecule has 164 valence electrons. The topological polar surface area (TPSA) is 64.1 Å². The van der Waals surface area contributed by atoms with Crippen molar-refractivity contribution < 1.29 is 26.3 Å². The second-order valence-corrected chi connectivity index (χ2v) is 7.11. The molecule has 0 fully saturated rings. The van der Waals surface area contributed by atoms with Gasteiger partial charge in [-0.3, -0.25) is 0 Å². The van der Waals surface area contributed by atoms with Crippen LogP contribution in [-0.4, -0.2) is 12.4 Å². The monoisotopic (exact) mass is 439 g/mol. The van der Waals surface area contributed by atoms with Crippen molar-refractivity contribution in [3.05, 3.63) is 83.4 Å². The maximum absolute atomic E-state index is 14.2. The Morgan fingerprint density at radius 3 is 1.74 bits per heavy atom. The summed E-state index contributed by atoms with van der Waals surface area (Å²) in [6.07, 6.45) is -11.4. The zero-order valence-electron chi connectivity index (χ0n) is 16.3. The molecule has 5 N–H and O–H groups in total. The van der Waals surface area contributed by atoms with Crippen molar-refractivity contribution in [2.45, 2.75) is 24.7 Å². The van der Waals surface area contributed by atoms with Crippen LogP contribution in [0.15, 0.2) is 66.7 Å². The second kappa shape index (κ2) is 7.72. The number of nitrogens with one attached hydrogen (secondary N) is 1. The van der Waals surface area contributed by atoms with Crippen LogP contribution in [0.25, 0.3) is 0 Å². The average Bonchev–Trinajstić information content (AvgIpc) is 2.66. The van der Waals surface area contributed by atoms with Crippen LogP contribution in [0.2, 0.25) is 0 Å². The number of rotatable bonds is 4. The number of hydrogen-bond acceptors (Lipinski definition) is 3. The lowest BCUT2D eigenvalue weighted by Gasteiger charge is -2.38. The molecule has 3 rings (SSSR count). The summed E-state index contributed by atoms with van der Waals surface area (Å²) in [4.78, 5) is 0. The number of nitrogens with two attached hydrogens (primary N) is 2. The third-order valence-electron chi connectivity index (χ3n) is 5.09. The molecule has 0 aliphatic heterocycles. The highest BCUT2D eigenvalue weighted by Gasteiger charge is 2.72. The summed E-state index contributed by atoms with van der Waals surface area (Å²) in [5, 5.41) is 2.88. The molecule has 31 heavy (non-hydrogen) atoms. The van der Waals surface area contributed by atoms with Crippen molar-refractivity contribution in [3.63, 3.8) is 0 Å². The van der Waals surface area contributed by atoms with Crippen LogP contribution in [0.5, 0.6) is 0 Å². The third-order valence-corrected chi connectivity index (χ3v) is 5.09. The van der Waals surface area contributed by atoms with Crippen LogP contribution in [0.4, 0.5) is 49.1 Å². The van der Waals surface area contributed by atoms with Crippen molar-refractivity contribution in [2.75, 3.05) is 16.8 Å². The zero-order chi connectivity index (χ0) is 23.0. The largest absolute Gasteiger partial charge is 0.411 e. The van der Waals surface area contributed by atoms with Gasteiger partial charge in [-0.15, -0.1) is 0 Å². The first-order valence-corrected chi connectivity index (χ1v) is 9.10. The zero-order valence-corrected chi connectivity index (χ0v) is 16.3. The Morgan fingerprint density at radius 2 is 1.23 bits per heavy atom. The number of hydrogen-bond donors (Lipinski definition) is 3. The van der Waals surface area contributed by atoms with Gasteiger partial charge in [-0.05, 0) is 53.9 Å². The van der Waals surface area contributed by atoms with E-state index in [4.69, 9.17) is 11.5 Å². The molecule has 3 aromatic carbocycles. The van der Waals surface area contributed by atoms with E-state index in [1.165, 1.54) is 6.92 Å². The first-order valence-electron chi connectivity index (χ1n) is 9.10. The van der Waals surface area contributed by atoms with Crippen LogP contribution < -0.4 is 16.8 Å². The van der Waals surface area contributed by atoms with Gasteiger partial charge in [0.2, 0.25) is 5.41 Å². The summed E-state index contributed by atoms with van der Waals surface area (Å²) in [6.45, 7) is 1.34. The fraction of sp³-hybridized carbons (Fsp3) is 0.182. The van der Waals surface area contributed by atoms with Gasteiger partial charge in [0, 0.05) is 11.4 Å². The maximum atomic E-state index is 14.2. The van der Waals surface area contributed by atoms with Crippen LogP contribution in [0.1, 0.15) is 16.7 Å². The first kappa shape index (κ1) is 22.3. The Hall–Kier alpha value is -3.36. The molecule has 9 heteroatoms. The number of alkyl halides is 6. The Morgan fingerprint density at radius 1 is 0.677 bits per heavy atom. The van der Waals surface area contributed by atoms with E-state index in [1.807, 2.05) is 0 Å². The van der Waals surface area contributed by atoms with E-state index < -0.39 is 28.9 Å². The SMILES string of the molecule is Cc1cc(C(c2ccc(Nc3ccccc3)c(N)c2)(C(F)(F)F)C(F)(F)F)ccc1N. The number of aryl methyl sites for hydroxylation is 1. The molecule has 0 aliphatic carbocycles. The quantitative estimate of drug-likeness (QED) is 0.330. The maximum Gasteiger partial charge on any atom is 0.411 e. The summed E-state index contributed by atoms with van der Waals surface area (Å²) in [5.74, 6) is 0. The molecule has 0 radical (unpaired) electrons. The predicted octanol–water partition coefficient (Wildman–Crippen LogP) is 6.31. The van der Waals surface area contributed by atoms with Gasteiger partial charge in [0.25, 0.3) is 0 Å². The molecule has 0 saturated carbocycles. The normalized spacial score (nSPS) is 12.6. The van der Waals surface area contributed by atoms with E-state index in [2.05, 4.69) is 5.32 Å². The minimum absolute atomic E-state index is 0.0870. The van der Waals surface area contributed by atoms with Crippen LogP contribution in [0.3, 0.4) is 0 Å². The lowest BCUT2D eigenvalue weighted by atomic mass is 9.72. The summed E-state index contributed by atoms with van der Waals surface area (Å²) in [7, 11) is 0. The van der Waals surface area contributed by atoms with Crippen LogP contribution in [0, 0.1) is 6.92 Å². The lowest BCUT2D eigenvalue weighted by molar-refractivity contribution is -0.288. The van der Waals surface area contributed by atoms with Gasteiger partial charge >= 0.3 is 12.4 Å². The molecule has 0 aromatic heterocycles. The van der Waals surface area contributed by atoms with Crippen molar-refractivity contribution in [1.82, 2.24) is 0 Å².